The Hall–Kier alpha value is -1.89. The smallest absolute Gasteiger partial charge is 0.325 e. The predicted molar refractivity (Wildman–Crippen MR) is 76.2 cm³/mol. The Balaban J connectivity index is 0.000000511. The standard InChI is InChI=1S/C10H11NO3.C3H8O2S/c1-14-9(12)7-11-10(13)8-5-3-2-4-6-8;1-3-6(2,4)5/h2-6H,7H2,1H3,(H,11,13);3H2,1-2H3. The Labute approximate surface area is 119 Å². The van der Waals surface area contributed by atoms with E-state index in [0.29, 0.717) is 5.56 Å². The van der Waals surface area contributed by atoms with Crippen LogP contribution in [0.15, 0.2) is 30.3 Å². The molecule has 0 aliphatic heterocycles. The van der Waals surface area contributed by atoms with Crippen LogP contribution in [0.3, 0.4) is 0 Å². The topological polar surface area (TPSA) is 89.5 Å². The highest BCUT2D eigenvalue weighted by atomic mass is 32.2. The molecule has 1 amide bonds. The molecule has 0 spiro atoms. The molecular weight excluding hydrogens is 282 g/mol. The maximum Gasteiger partial charge on any atom is 0.325 e. The van der Waals surface area contributed by atoms with Gasteiger partial charge in [0, 0.05) is 17.6 Å². The monoisotopic (exact) mass is 301 g/mol. The molecule has 20 heavy (non-hydrogen) atoms. The van der Waals surface area contributed by atoms with Gasteiger partial charge in [-0.1, -0.05) is 25.1 Å². The first-order valence-electron chi connectivity index (χ1n) is 5.88. The number of hydrogen-bond acceptors (Lipinski definition) is 5. The first-order chi connectivity index (χ1) is 9.30. The zero-order chi connectivity index (χ0) is 15.6. The largest absolute Gasteiger partial charge is 0.468 e. The summed E-state index contributed by atoms with van der Waals surface area (Å²) in [5.74, 6) is -0.502. The van der Waals surface area contributed by atoms with E-state index in [-0.39, 0.29) is 18.2 Å². The molecule has 1 aromatic rings. The Morgan fingerprint density at radius 2 is 1.70 bits per heavy atom. The van der Waals surface area contributed by atoms with Gasteiger partial charge in [-0.05, 0) is 12.1 Å². The number of amides is 1. The Morgan fingerprint density at radius 3 is 2.10 bits per heavy atom. The molecule has 1 aromatic carbocycles. The second kappa shape index (κ2) is 9.08. The molecule has 0 fully saturated rings. The molecule has 0 heterocycles. The van der Waals surface area contributed by atoms with Crippen LogP contribution in [-0.4, -0.2) is 46.0 Å². The van der Waals surface area contributed by atoms with Crippen molar-refractivity contribution in [3.8, 4) is 0 Å². The third-order valence-electron chi connectivity index (χ3n) is 2.18. The van der Waals surface area contributed by atoms with E-state index < -0.39 is 15.8 Å². The van der Waals surface area contributed by atoms with Gasteiger partial charge in [-0.2, -0.15) is 0 Å². The van der Waals surface area contributed by atoms with Gasteiger partial charge in [0.1, 0.15) is 16.4 Å². The van der Waals surface area contributed by atoms with Gasteiger partial charge in [-0.25, -0.2) is 8.42 Å². The van der Waals surface area contributed by atoms with Crippen LogP contribution in [0.25, 0.3) is 0 Å². The van der Waals surface area contributed by atoms with Gasteiger partial charge in [0.2, 0.25) is 0 Å². The number of carbonyl (C=O) groups excluding carboxylic acids is 2. The number of sulfone groups is 1. The fraction of sp³-hybridized carbons (Fsp3) is 0.385. The van der Waals surface area contributed by atoms with Crippen LogP contribution in [0.2, 0.25) is 0 Å². The van der Waals surface area contributed by atoms with E-state index in [2.05, 4.69) is 10.1 Å². The molecule has 0 unspecified atom stereocenters. The van der Waals surface area contributed by atoms with E-state index in [1.165, 1.54) is 13.4 Å². The molecular formula is C13H19NO5S. The summed E-state index contributed by atoms with van der Waals surface area (Å²) in [5, 5.41) is 2.44. The SMILES string of the molecule is CCS(C)(=O)=O.COC(=O)CNC(=O)c1ccccc1. The van der Waals surface area contributed by atoms with Crippen molar-refractivity contribution in [3.63, 3.8) is 0 Å². The fourth-order valence-corrected chi connectivity index (χ4v) is 0.916. The van der Waals surface area contributed by atoms with Crippen LogP contribution in [0.4, 0.5) is 0 Å². The van der Waals surface area contributed by atoms with E-state index in [1.807, 2.05) is 6.07 Å². The molecule has 0 saturated carbocycles. The number of carbonyl (C=O) groups is 2. The van der Waals surface area contributed by atoms with Gasteiger partial charge in [-0.15, -0.1) is 0 Å². The van der Waals surface area contributed by atoms with Gasteiger partial charge < -0.3 is 10.1 Å². The second-order valence-corrected chi connectivity index (χ2v) is 6.27. The number of nitrogens with one attached hydrogen (secondary N) is 1. The zero-order valence-corrected chi connectivity index (χ0v) is 12.6. The molecule has 0 aliphatic carbocycles. The van der Waals surface area contributed by atoms with Gasteiger partial charge >= 0.3 is 5.97 Å². The molecule has 1 N–H and O–H groups in total. The van der Waals surface area contributed by atoms with Crippen molar-refractivity contribution in [1.82, 2.24) is 5.32 Å². The summed E-state index contributed by atoms with van der Waals surface area (Å²) in [7, 11) is -1.39. The summed E-state index contributed by atoms with van der Waals surface area (Å²) in [6.45, 7) is 1.51. The van der Waals surface area contributed by atoms with E-state index >= 15 is 0 Å². The lowest BCUT2D eigenvalue weighted by Crippen LogP contribution is -2.29. The molecule has 7 heteroatoms. The lowest BCUT2D eigenvalue weighted by Gasteiger charge is -2.02. The van der Waals surface area contributed by atoms with Crippen molar-refractivity contribution in [3.05, 3.63) is 35.9 Å². The minimum atomic E-state index is -2.66. The first-order valence-corrected chi connectivity index (χ1v) is 7.94. The lowest BCUT2D eigenvalue weighted by atomic mass is 10.2. The number of rotatable bonds is 4. The number of esters is 1. The Kier molecular flexibility index (Phi) is 8.23. The highest BCUT2D eigenvalue weighted by Crippen LogP contribution is 1.97. The van der Waals surface area contributed by atoms with Gasteiger partial charge in [-0.3, -0.25) is 9.59 Å². The van der Waals surface area contributed by atoms with Crippen molar-refractivity contribution in [1.29, 1.82) is 0 Å². The maximum atomic E-state index is 11.3. The molecule has 1 rings (SSSR count). The molecule has 0 aliphatic rings. The van der Waals surface area contributed by atoms with Crippen molar-refractivity contribution < 1.29 is 22.7 Å². The summed E-state index contributed by atoms with van der Waals surface area (Å²) < 4.78 is 24.4. The van der Waals surface area contributed by atoms with E-state index in [9.17, 15) is 18.0 Å². The van der Waals surface area contributed by atoms with E-state index in [0.717, 1.165) is 0 Å². The third kappa shape index (κ3) is 9.09. The molecule has 6 nitrogen and oxygen atoms in total. The summed E-state index contributed by atoms with van der Waals surface area (Å²) in [6.07, 6.45) is 1.22. The van der Waals surface area contributed by atoms with E-state index in [4.69, 9.17) is 0 Å². The van der Waals surface area contributed by atoms with Crippen LogP contribution in [0, 0.1) is 0 Å². The molecule has 0 bridgehead atoms. The summed E-state index contributed by atoms with van der Waals surface area (Å²) in [6, 6.07) is 8.68. The summed E-state index contributed by atoms with van der Waals surface area (Å²) in [5.41, 5.74) is 0.524. The second-order valence-electron chi connectivity index (χ2n) is 3.84. The van der Waals surface area contributed by atoms with E-state index in [1.54, 1.807) is 31.2 Å². The van der Waals surface area contributed by atoms with Gasteiger partial charge in [0.15, 0.2) is 0 Å². The fourth-order valence-electron chi connectivity index (χ4n) is 0.916. The number of ether oxygens (including phenoxy) is 1. The van der Waals surface area contributed by atoms with Crippen LogP contribution in [-0.2, 0) is 19.4 Å². The van der Waals surface area contributed by atoms with Crippen molar-refractivity contribution >= 4 is 21.7 Å². The maximum absolute atomic E-state index is 11.3. The van der Waals surface area contributed by atoms with Gasteiger partial charge in [0.25, 0.3) is 5.91 Å². The van der Waals surface area contributed by atoms with Gasteiger partial charge in [0.05, 0.1) is 7.11 Å². The normalized spacial score (nSPS) is 9.95. The van der Waals surface area contributed by atoms with Crippen LogP contribution >= 0.6 is 0 Å². The minimum Gasteiger partial charge on any atom is -0.468 e. The van der Waals surface area contributed by atoms with Crippen LogP contribution < -0.4 is 5.32 Å². The Bertz CT molecular complexity index is 525. The highest BCUT2D eigenvalue weighted by molar-refractivity contribution is 7.90. The Morgan fingerprint density at radius 1 is 1.20 bits per heavy atom. The van der Waals surface area contributed by atoms with Crippen LogP contribution in [0.1, 0.15) is 17.3 Å². The number of benzene rings is 1. The first kappa shape index (κ1) is 18.1. The average Bonchev–Trinajstić information content (AvgIpc) is 2.45. The van der Waals surface area contributed by atoms with Crippen LogP contribution in [0.5, 0.6) is 0 Å². The lowest BCUT2D eigenvalue weighted by molar-refractivity contribution is -0.139. The zero-order valence-electron chi connectivity index (χ0n) is 11.8. The van der Waals surface area contributed by atoms with Crippen molar-refractivity contribution in [2.24, 2.45) is 0 Å². The summed E-state index contributed by atoms with van der Waals surface area (Å²) >= 11 is 0. The number of methoxy groups -OCH3 is 1. The molecule has 0 saturated heterocycles. The molecule has 0 atom stereocenters. The quantitative estimate of drug-likeness (QED) is 0.824. The third-order valence-corrected chi connectivity index (χ3v) is 3.23. The van der Waals surface area contributed by atoms with Crippen molar-refractivity contribution in [2.45, 2.75) is 6.92 Å². The number of hydrogen-bond donors (Lipinski definition) is 1. The predicted octanol–water partition coefficient (Wildman–Crippen LogP) is 0.640. The van der Waals surface area contributed by atoms with Crippen molar-refractivity contribution in [2.75, 3.05) is 25.7 Å². The molecule has 0 aromatic heterocycles. The average molecular weight is 301 g/mol. The highest BCUT2D eigenvalue weighted by Gasteiger charge is 2.06. The minimum absolute atomic E-state index is 0.107. The molecule has 112 valence electrons. The molecule has 0 radical (unpaired) electrons. The summed E-state index contributed by atoms with van der Waals surface area (Å²) in [4.78, 5) is 22.1.